The van der Waals surface area contributed by atoms with E-state index in [0.29, 0.717) is 6.54 Å². The van der Waals surface area contributed by atoms with Crippen molar-refractivity contribution in [2.24, 2.45) is 5.92 Å². The molecule has 1 N–H and O–H groups in total. The maximum atomic E-state index is 12.2. The summed E-state index contributed by atoms with van der Waals surface area (Å²) < 4.78 is 5.81. The van der Waals surface area contributed by atoms with Gasteiger partial charge in [-0.25, -0.2) is 0 Å². The highest BCUT2D eigenvalue weighted by Gasteiger charge is 2.33. The third-order valence-electron chi connectivity index (χ3n) is 5.22. The molecule has 0 bridgehead atoms. The van der Waals surface area contributed by atoms with Crippen molar-refractivity contribution in [1.82, 2.24) is 10.2 Å². The fourth-order valence-corrected chi connectivity index (χ4v) is 3.60. The molecule has 1 aliphatic heterocycles. The Bertz CT molecular complexity index is 425. The first-order chi connectivity index (χ1) is 10.8. The fraction of sp³-hybridized carbons (Fsp3) is 0.842. The number of morpholine rings is 1. The van der Waals surface area contributed by atoms with Gasteiger partial charge in [0.05, 0.1) is 12.2 Å². The van der Waals surface area contributed by atoms with E-state index in [1.165, 1.54) is 18.4 Å². The second-order valence-electron chi connectivity index (χ2n) is 8.18. The van der Waals surface area contributed by atoms with Crippen LogP contribution in [0.2, 0.25) is 0 Å². The molecule has 1 aliphatic carbocycles. The van der Waals surface area contributed by atoms with Gasteiger partial charge < -0.3 is 10.1 Å². The van der Waals surface area contributed by atoms with Crippen molar-refractivity contribution in [2.45, 2.75) is 78.0 Å². The lowest BCUT2D eigenvalue weighted by molar-refractivity contribution is -0.118. The summed E-state index contributed by atoms with van der Waals surface area (Å²) in [5, 5.41) is 3.11. The average Bonchev–Trinajstić information content (AvgIpc) is 2.47. The topological polar surface area (TPSA) is 41.6 Å². The van der Waals surface area contributed by atoms with Gasteiger partial charge in [-0.3, -0.25) is 9.69 Å². The van der Waals surface area contributed by atoms with Gasteiger partial charge in [0.2, 0.25) is 5.91 Å². The van der Waals surface area contributed by atoms with Crippen LogP contribution in [0.25, 0.3) is 0 Å². The molecule has 0 aromatic rings. The molecule has 132 valence electrons. The summed E-state index contributed by atoms with van der Waals surface area (Å²) in [6.07, 6.45) is 6.93. The lowest BCUT2D eigenvalue weighted by atomic mass is 9.87. The second-order valence-corrected chi connectivity index (χ2v) is 8.18. The Morgan fingerprint density at radius 1 is 1.22 bits per heavy atom. The standard InChI is InChI=1S/C19H34N2O2/c1-14-6-8-17(9-7-14)10-18(22)20-13-19(4,5)21-11-15(2)23-16(3)12-21/h10,14-16H,6-9,11-13H2,1-5H3,(H,20,22)/t14?,15-,16-/m0/s1. The average molecular weight is 322 g/mol. The number of nitrogens with one attached hydrogen (secondary N) is 1. The van der Waals surface area contributed by atoms with Crippen LogP contribution in [0, 0.1) is 5.92 Å². The zero-order chi connectivity index (χ0) is 17.0. The highest BCUT2D eigenvalue weighted by molar-refractivity contribution is 5.88. The summed E-state index contributed by atoms with van der Waals surface area (Å²) in [4.78, 5) is 14.7. The summed E-state index contributed by atoms with van der Waals surface area (Å²) in [5.74, 6) is 0.872. The van der Waals surface area contributed by atoms with E-state index in [4.69, 9.17) is 4.74 Å². The third kappa shape index (κ3) is 5.61. The van der Waals surface area contributed by atoms with Crippen molar-refractivity contribution in [3.63, 3.8) is 0 Å². The zero-order valence-electron chi connectivity index (χ0n) is 15.5. The van der Waals surface area contributed by atoms with Gasteiger partial charge in [0.15, 0.2) is 0 Å². The van der Waals surface area contributed by atoms with E-state index in [1.807, 2.05) is 6.08 Å². The number of ether oxygens (including phenoxy) is 1. The van der Waals surface area contributed by atoms with Gasteiger partial charge in [0.1, 0.15) is 0 Å². The van der Waals surface area contributed by atoms with E-state index in [1.54, 1.807) is 0 Å². The molecule has 1 heterocycles. The first-order valence-corrected chi connectivity index (χ1v) is 9.14. The number of nitrogens with zero attached hydrogens (tertiary/aromatic N) is 1. The van der Waals surface area contributed by atoms with Crippen LogP contribution in [-0.2, 0) is 9.53 Å². The molecule has 0 aromatic heterocycles. The van der Waals surface area contributed by atoms with Gasteiger partial charge in [0, 0.05) is 31.2 Å². The number of allylic oxidation sites excluding steroid dienone is 1. The Kier molecular flexibility index (Phi) is 6.26. The van der Waals surface area contributed by atoms with Crippen molar-refractivity contribution in [3.05, 3.63) is 11.6 Å². The lowest BCUT2D eigenvalue weighted by Crippen LogP contribution is -2.58. The molecule has 0 aromatic carbocycles. The normalized spacial score (nSPS) is 30.1. The molecule has 2 rings (SSSR count). The van der Waals surface area contributed by atoms with Gasteiger partial charge >= 0.3 is 0 Å². The van der Waals surface area contributed by atoms with Crippen molar-refractivity contribution in [1.29, 1.82) is 0 Å². The number of amides is 1. The number of hydrogen-bond acceptors (Lipinski definition) is 3. The van der Waals surface area contributed by atoms with Crippen LogP contribution in [0.1, 0.15) is 60.3 Å². The monoisotopic (exact) mass is 322 g/mol. The van der Waals surface area contributed by atoms with Crippen molar-refractivity contribution in [3.8, 4) is 0 Å². The van der Waals surface area contributed by atoms with Crippen LogP contribution in [0.5, 0.6) is 0 Å². The SMILES string of the molecule is CC1CCC(=CC(=O)NCC(C)(C)N2C[C@H](C)O[C@@H](C)C2)CC1. The first kappa shape index (κ1) is 18.5. The minimum atomic E-state index is -0.0540. The molecular formula is C19H34N2O2. The van der Waals surface area contributed by atoms with Crippen LogP contribution < -0.4 is 5.32 Å². The van der Waals surface area contributed by atoms with Gasteiger partial charge in [-0.1, -0.05) is 12.5 Å². The maximum absolute atomic E-state index is 12.2. The van der Waals surface area contributed by atoms with Crippen LogP contribution >= 0.6 is 0 Å². The Morgan fingerprint density at radius 3 is 2.35 bits per heavy atom. The molecule has 1 saturated heterocycles. The van der Waals surface area contributed by atoms with Gasteiger partial charge in [0.25, 0.3) is 0 Å². The molecule has 2 aliphatic rings. The Labute approximate surface area is 141 Å². The van der Waals surface area contributed by atoms with Crippen molar-refractivity contribution >= 4 is 5.91 Å². The molecular weight excluding hydrogens is 288 g/mol. The van der Waals surface area contributed by atoms with E-state index in [0.717, 1.165) is 31.8 Å². The summed E-state index contributed by atoms with van der Waals surface area (Å²) in [7, 11) is 0. The quantitative estimate of drug-likeness (QED) is 0.809. The maximum Gasteiger partial charge on any atom is 0.243 e. The second kappa shape index (κ2) is 7.80. The van der Waals surface area contributed by atoms with Gasteiger partial charge in [-0.2, -0.15) is 0 Å². The highest BCUT2D eigenvalue weighted by Crippen LogP contribution is 2.27. The Morgan fingerprint density at radius 2 is 1.78 bits per heavy atom. The van der Waals surface area contributed by atoms with Crippen LogP contribution in [-0.4, -0.2) is 48.2 Å². The molecule has 2 atom stereocenters. The number of hydrogen-bond donors (Lipinski definition) is 1. The van der Waals surface area contributed by atoms with E-state index in [9.17, 15) is 4.79 Å². The van der Waals surface area contributed by atoms with E-state index >= 15 is 0 Å². The minimum absolute atomic E-state index is 0.0540. The van der Waals surface area contributed by atoms with Gasteiger partial charge in [-0.15, -0.1) is 0 Å². The summed E-state index contributed by atoms with van der Waals surface area (Å²) in [5.41, 5.74) is 1.26. The smallest absolute Gasteiger partial charge is 0.243 e. The van der Waals surface area contributed by atoms with E-state index in [-0.39, 0.29) is 23.7 Å². The van der Waals surface area contributed by atoms with Crippen molar-refractivity contribution < 1.29 is 9.53 Å². The third-order valence-corrected chi connectivity index (χ3v) is 5.22. The molecule has 1 amide bonds. The predicted octanol–water partition coefficient (Wildman–Crippen LogP) is 3.13. The molecule has 0 unspecified atom stereocenters. The lowest BCUT2D eigenvalue weighted by Gasteiger charge is -2.45. The van der Waals surface area contributed by atoms with Crippen LogP contribution in [0.4, 0.5) is 0 Å². The van der Waals surface area contributed by atoms with Gasteiger partial charge in [-0.05, 0) is 59.3 Å². The highest BCUT2D eigenvalue weighted by atomic mass is 16.5. The number of carbonyl (C=O) groups is 1. The molecule has 0 radical (unpaired) electrons. The summed E-state index contributed by atoms with van der Waals surface area (Å²) in [6.45, 7) is 13.5. The number of rotatable bonds is 4. The fourth-order valence-electron chi connectivity index (χ4n) is 3.60. The molecule has 0 spiro atoms. The molecule has 23 heavy (non-hydrogen) atoms. The van der Waals surface area contributed by atoms with Crippen LogP contribution in [0.15, 0.2) is 11.6 Å². The Hall–Kier alpha value is -0.870. The Balaban J connectivity index is 1.83. The molecule has 2 fully saturated rings. The predicted molar refractivity (Wildman–Crippen MR) is 94.4 cm³/mol. The molecule has 4 nitrogen and oxygen atoms in total. The molecule has 4 heteroatoms. The number of carbonyl (C=O) groups excluding carboxylic acids is 1. The first-order valence-electron chi connectivity index (χ1n) is 9.14. The summed E-state index contributed by atoms with van der Waals surface area (Å²) in [6, 6.07) is 0. The zero-order valence-corrected chi connectivity index (χ0v) is 15.5. The largest absolute Gasteiger partial charge is 0.373 e. The van der Waals surface area contributed by atoms with Crippen molar-refractivity contribution in [2.75, 3.05) is 19.6 Å². The van der Waals surface area contributed by atoms with E-state index in [2.05, 4.69) is 44.8 Å². The minimum Gasteiger partial charge on any atom is -0.373 e. The molecule has 1 saturated carbocycles. The summed E-state index contributed by atoms with van der Waals surface area (Å²) >= 11 is 0. The van der Waals surface area contributed by atoms with E-state index < -0.39 is 0 Å². The van der Waals surface area contributed by atoms with Crippen LogP contribution in [0.3, 0.4) is 0 Å².